The van der Waals surface area contributed by atoms with Gasteiger partial charge in [0.25, 0.3) is 5.91 Å². The van der Waals surface area contributed by atoms with Crippen LogP contribution in [0.15, 0.2) is 90.3 Å². The number of aromatic nitrogens is 3. The summed E-state index contributed by atoms with van der Waals surface area (Å²) in [5.74, 6) is 0.492. The van der Waals surface area contributed by atoms with Gasteiger partial charge in [0.05, 0.1) is 18.8 Å². The predicted molar refractivity (Wildman–Crippen MR) is 136 cm³/mol. The van der Waals surface area contributed by atoms with Crippen molar-refractivity contribution in [3.05, 3.63) is 107 Å². The van der Waals surface area contributed by atoms with E-state index in [-0.39, 0.29) is 24.7 Å². The number of rotatable bonds is 8. The van der Waals surface area contributed by atoms with E-state index >= 15 is 0 Å². The maximum Gasteiger partial charge on any atom is 0.255 e. The number of aliphatic hydroxyl groups is 1. The van der Waals surface area contributed by atoms with Crippen molar-refractivity contribution in [2.45, 2.75) is 36.7 Å². The van der Waals surface area contributed by atoms with Crippen LogP contribution in [0.25, 0.3) is 0 Å². The van der Waals surface area contributed by atoms with Crippen LogP contribution in [0.5, 0.6) is 0 Å². The number of benzene rings is 3. The fourth-order valence-corrected chi connectivity index (χ4v) is 4.81. The molecular formula is C27H26N4O4S. The molecule has 0 radical (unpaired) electrons. The van der Waals surface area contributed by atoms with E-state index in [0.29, 0.717) is 23.4 Å². The number of aromatic amines is 1. The quantitative estimate of drug-likeness (QED) is 0.294. The number of H-pyrrole nitrogens is 1. The summed E-state index contributed by atoms with van der Waals surface area (Å²) in [5.41, 5.74) is 3.93. The van der Waals surface area contributed by atoms with Crippen LogP contribution in [0.4, 0.5) is 5.69 Å². The minimum atomic E-state index is -0.616. The molecular weight excluding hydrogens is 476 g/mol. The van der Waals surface area contributed by atoms with E-state index in [0.717, 1.165) is 21.8 Å². The molecule has 8 nitrogen and oxygen atoms in total. The summed E-state index contributed by atoms with van der Waals surface area (Å²) in [6, 6.07) is 24.4. The molecule has 2 heterocycles. The molecule has 0 spiro atoms. The summed E-state index contributed by atoms with van der Waals surface area (Å²) in [6.07, 6.45) is 1.23. The lowest BCUT2D eigenvalue weighted by Gasteiger charge is -2.36. The third kappa shape index (κ3) is 6.00. The van der Waals surface area contributed by atoms with Gasteiger partial charge in [-0.1, -0.05) is 66.4 Å². The van der Waals surface area contributed by atoms with Crippen LogP contribution in [0.2, 0.25) is 0 Å². The maximum atomic E-state index is 12.6. The Kier molecular flexibility index (Phi) is 7.73. The molecule has 1 aliphatic rings. The molecule has 0 aliphatic carbocycles. The van der Waals surface area contributed by atoms with Gasteiger partial charge in [-0.2, -0.15) is 5.10 Å². The van der Waals surface area contributed by atoms with Gasteiger partial charge in [0.1, 0.15) is 6.33 Å². The number of nitrogens with one attached hydrogen (secondary N) is 2. The molecule has 0 bridgehead atoms. The summed E-state index contributed by atoms with van der Waals surface area (Å²) in [6.45, 7) is -0.00448. The highest BCUT2D eigenvalue weighted by Crippen LogP contribution is 2.39. The maximum absolute atomic E-state index is 12.6. The lowest BCUT2D eigenvalue weighted by molar-refractivity contribution is -0.245. The van der Waals surface area contributed by atoms with Gasteiger partial charge in [-0.15, -0.1) is 0 Å². The number of hydrogen-bond donors (Lipinski definition) is 3. The van der Waals surface area contributed by atoms with Crippen LogP contribution in [-0.4, -0.2) is 38.1 Å². The van der Waals surface area contributed by atoms with Gasteiger partial charge in [0, 0.05) is 29.0 Å². The zero-order valence-corrected chi connectivity index (χ0v) is 20.2. The lowest BCUT2D eigenvalue weighted by Crippen LogP contribution is -2.31. The zero-order chi connectivity index (χ0) is 24.7. The standard InChI is InChI=1S/C27H26N4O4S/c32-15-18-9-11-19(12-10-18)24-14-23(16-36-27-28-17-29-31-27)34-26(35-24)21-7-4-8-22(13-21)30-25(33)20-5-2-1-3-6-20/h1-13,17,23-24,26,32H,14-16H2,(H,30,33)(H,28,29,31)/t23-,24+,26+/m0/s1. The fraction of sp³-hybridized carbons (Fsp3) is 0.222. The number of amides is 1. The van der Waals surface area contributed by atoms with Crippen molar-refractivity contribution in [1.29, 1.82) is 0 Å². The summed E-state index contributed by atoms with van der Waals surface area (Å²) in [4.78, 5) is 16.8. The van der Waals surface area contributed by atoms with E-state index in [9.17, 15) is 9.90 Å². The largest absolute Gasteiger partial charge is 0.392 e. The molecule has 1 aliphatic heterocycles. The predicted octanol–water partition coefficient (Wildman–Crippen LogP) is 4.89. The Morgan fingerprint density at radius 3 is 2.61 bits per heavy atom. The van der Waals surface area contributed by atoms with E-state index in [1.54, 1.807) is 23.9 Å². The van der Waals surface area contributed by atoms with Gasteiger partial charge in [0.2, 0.25) is 0 Å². The molecule has 1 saturated heterocycles. The number of thioether (sulfide) groups is 1. The van der Waals surface area contributed by atoms with Gasteiger partial charge >= 0.3 is 0 Å². The smallest absolute Gasteiger partial charge is 0.255 e. The Morgan fingerprint density at radius 2 is 1.86 bits per heavy atom. The van der Waals surface area contributed by atoms with Crippen molar-refractivity contribution in [3.63, 3.8) is 0 Å². The van der Waals surface area contributed by atoms with Crippen molar-refractivity contribution in [2.75, 3.05) is 11.1 Å². The van der Waals surface area contributed by atoms with Crippen LogP contribution in [0.3, 0.4) is 0 Å². The second-order valence-corrected chi connectivity index (χ2v) is 9.41. The van der Waals surface area contributed by atoms with Gasteiger partial charge in [0.15, 0.2) is 11.4 Å². The molecule has 36 heavy (non-hydrogen) atoms. The molecule has 3 N–H and O–H groups in total. The van der Waals surface area contributed by atoms with Crippen LogP contribution in [-0.2, 0) is 16.1 Å². The van der Waals surface area contributed by atoms with Crippen LogP contribution >= 0.6 is 11.8 Å². The van der Waals surface area contributed by atoms with Crippen LogP contribution < -0.4 is 5.32 Å². The van der Waals surface area contributed by atoms with Crippen molar-refractivity contribution >= 4 is 23.4 Å². The van der Waals surface area contributed by atoms with E-state index in [4.69, 9.17) is 9.47 Å². The number of aliphatic hydroxyl groups excluding tert-OH is 1. The van der Waals surface area contributed by atoms with E-state index in [1.807, 2.05) is 66.7 Å². The Hall–Kier alpha value is -3.50. The van der Waals surface area contributed by atoms with E-state index in [1.165, 1.54) is 6.33 Å². The molecule has 1 fully saturated rings. The average Bonchev–Trinajstić information content (AvgIpc) is 3.46. The summed E-state index contributed by atoms with van der Waals surface area (Å²) < 4.78 is 12.8. The van der Waals surface area contributed by atoms with Gasteiger partial charge < -0.3 is 19.9 Å². The summed E-state index contributed by atoms with van der Waals surface area (Å²) in [5, 5.41) is 19.8. The number of ether oxygens (including phenoxy) is 2. The van der Waals surface area contributed by atoms with Gasteiger partial charge in [-0.25, -0.2) is 4.98 Å². The highest BCUT2D eigenvalue weighted by Gasteiger charge is 2.32. The van der Waals surface area contributed by atoms with Gasteiger partial charge in [-0.05, 0) is 35.4 Å². The van der Waals surface area contributed by atoms with Crippen molar-refractivity contribution in [2.24, 2.45) is 0 Å². The number of hydrogen-bond acceptors (Lipinski definition) is 7. The van der Waals surface area contributed by atoms with E-state index in [2.05, 4.69) is 20.5 Å². The SMILES string of the molecule is O=C(Nc1cccc([C@@H]2O[C@H](CSc3ncn[nH]3)C[C@H](c3ccc(CO)cc3)O2)c1)c1ccccc1. The summed E-state index contributed by atoms with van der Waals surface area (Å²) in [7, 11) is 0. The number of carbonyl (C=O) groups is 1. The molecule has 1 amide bonds. The molecule has 3 atom stereocenters. The monoisotopic (exact) mass is 502 g/mol. The van der Waals surface area contributed by atoms with Crippen molar-refractivity contribution in [3.8, 4) is 0 Å². The zero-order valence-electron chi connectivity index (χ0n) is 19.4. The molecule has 5 rings (SSSR count). The minimum absolute atomic E-state index is 0.00448. The van der Waals surface area contributed by atoms with Crippen LogP contribution in [0, 0.1) is 0 Å². The second-order valence-electron chi connectivity index (χ2n) is 8.40. The van der Waals surface area contributed by atoms with Crippen molar-refractivity contribution in [1.82, 2.24) is 15.2 Å². The Morgan fingerprint density at radius 1 is 1.03 bits per heavy atom. The average molecular weight is 503 g/mol. The number of anilines is 1. The number of carbonyl (C=O) groups excluding carboxylic acids is 1. The highest BCUT2D eigenvalue weighted by molar-refractivity contribution is 7.99. The van der Waals surface area contributed by atoms with E-state index < -0.39 is 6.29 Å². The molecule has 4 aromatic rings. The minimum Gasteiger partial charge on any atom is -0.392 e. The highest BCUT2D eigenvalue weighted by atomic mass is 32.2. The molecule has 3 aromatic carbocycles. The third-order valence-electron chi connectivity index (χ3n) is 5.87. The lowest BCUT2D eigenvalue weighted by atomic mass is 10.0. The fourth-order valence-electron chi connectivity index (χ4n) is 4.01. The Labute approximate surface area is 213 Å². The van der Waals surface area contributed by atoms with Crippen LogP contribution in [0.1, 0.15) is 45.9 Å². The topological polar surface area (TPSA) is 109 Å². The first kappa shape index (κ1) is 24.2. The third-order valence-corrected chi connectivity index (χ3v) is 6.88. The van der Waals surface area contributed by atoms with Crippen molar-refractivity contribution < 1.29 is 19.4 Å². The Bertz CT molecular complexity index is 1270. The molecule has 184 valence electrons. The first-order chi connectivity index (χ1) is 17.7. The molecule has 1 aromatic heterocycles. The molecule has 0 unspecified atom stereocenters. The molecule has 0 saturated carbocycles. The number of nitrogens with zero attached hydrogens (tertiary/aromatic N) is 2. The first-order valence-corrected chi connectivity index (χ1v) is 12.6. The van der Waals surface area contributed by atoms with Gasteiger partial charge in [-0.3, -0.25) is 9.89 Å². The molecule has 9 heteroatoms. The normalized spacial score (nSPS) is 19.6. The Balaban J connectivity index is 1.35. The second kappa shape index (κ2) is 11.5. The first-order valence-electron chi connectivity index (χ1n) is 11.6. The summed E-state index contributed by atoms with van der Waals surface area (Å²) >= 11 is 1.54.